The summed E-state index contributed by atoms with van der Waals surface area (Å²) < 4.78 is 0. The highest BCUT2D eigenvalue weighted by Gasteiger charge is 2.32. The highest BCUT2D eigenvalue weighted by atomic mass is 16.3. The van der Waals surface area contributed by atoms with E-state index in [1.165, 1.54) is 18.6 Å². The van der Waals surface area contributed by atoms with Crippen molar-refractivity contribution in [2.45, 2.75) is 25.6 Å². The molecule has 1 aliphatic rings. The zero-order valence-corrected chi connectivity index (χ0v) is 12.9. The van der Waals surface area contributed by atoms with Gasteiger partial charge in [0.1, 0.15) is 5.69 Å². The maximum atomic E-state index is 12.1. The molecule has 0 radical (unpaired) electrons. The van der Waals surface area contributed by atoms with E-state index < -0.39 is 6.10 Å². The van der Waals surface area contributed by atoms with E-state index in [0.717, 1.165) is 11.4 Å². The Morgan fingerprint density at radius 2 is 2.26 bits per heavy atom. The van der Waals surface area contributed by atoms with Crippen LogP contribution in [-0.2, 0) is 6.54 Å². The van der Waals surface area contributed by atoms with Crippen molar-refractivity contribution in [3.63, 3.8) is 0 Å². The summed E-state index contributed by atoms with van der Waals surface area (Å²) in [5.74, 6) is -0.322. The number of rotatable bonds is 4. The van der Waals surface area contributed by atoms with Gasteiger partial charge in [-0.3, -0.25) is 19.7 Å². The van der Waals surface area contributed by atoms with Gasteiger partial charge in [0, 0.05) is 37.7 Å². The molecule has 0 spiro atoms. The Balaban J connectivity index is 1.59. The van der Waals surface area contributed by atoms with Crippen molar-refractivity contribution in [3.8, 4) is 0 Å². The van der Waals surface area contributed by atoms with Gasteiger partial charge < -0.3 is 10.4 Å². The Hall–Kier alpha value is -2.38. The molecule has 3 heterocycles. The van der Waals surface area contributed by atoms with Crippen LogP contribution in [0.1, 0.15) is 21.9 Å². The van der Waals surface area contributed by atoms with Crippen LogP contribution in [0, 0.1) is 6.92 Å². The SMILES string of the molecule is Cc1cccc(CN2C[C@@H](O)[C@H](NC(=O)c3cnccn3)C2)n1. The summed E-state index contributed by atoms with van der Waals surface area (Å²) in [4.78, 5) is 26.5. The average Bonchev–Trinajstić information content (AvgIpc) is 2.87. The Morgan fingerprint density at radius 1 is 1.39 bits per heavy atom. The van der Waals surface area contributed by atoms with Gasteiger partial charge in [-0.15, -0.1) is 0 Å². The Labute approximate surface area is 134 Å². The van der Waals surface area contributed by atoms with Crippen LogP contribution < -0.4 is 5.32 Å². The Morgan fingerprint density at radius 3 is 3.00 bits per heavy atom. The summed E-state index contributed by atoms with van der Waals surface area (Å²) in [5.41, 5.74) is 2.17. The average molecular weight is 313 g/mol. The van der Waals surface area contributed by atoms with E-state index in [1.54, 1.807) is 0 Å². The number of aromatic nitrogens is 3. The zero-order chi connectivity index (χ0) is 16.2. The number of aliphatic hydroxyl groups is 1. The smallest absolute Gasteiger partial charge is 0.271 e. The number of hydrogen-bond donors (Lipinski definition) is 2. The van der Waals surface area contributed by atoms with Crippen LogP contribution in [0.15, 0.2) is 36.8 Å². The summed E-state index contributed by atoms with van der Waals surface area (Å²) in [6, 6.07) is 5.56. The Bertz CT molecular complexity index is 679. The van der Waals surface area contributed by atoms with Crippen LogP contribution in [0.5, 0.6) is 0 Å². The highest BCUT2D eigenvalue weighted by Crippen LogP contribution is 2.14. The summed E-state index contributed by atoms with van der Waals surface area (Å²) in [5, 5.41) is 13.0. The molecule has 1 fully saturated rings. The number of β-amino-alcohol motifs (C(OH)–C–C–N with tert-alkyl or cyclic N) is 1. The first kappa shape index (κ1) is 15.5. The number of carbonyl (C=O) groups excluding carboxylic acids is 1. The number of amides is 1. The second-order valence-electron chi connectivity index (χ2n) is 5.70. The summed E-state index contributed by atoms with van der Waals surface area (Å²) in [6.45, 7) is 3.67. The van der Waals surface area contributed by atoms with Gasteiger partial charge in [-0.05, 0) is 19.1 Å². The molecule has 7 heteroatoms. The van der Waals surface area contributed by atoms with Gasteiger partial charge in [-0.1, -0.05) is 6.07 Å². The molecule has 2 aromatic heterocycles. The van der Waals surface area contributed by atoms with E-state index in [9.17, 15) is 9.90 Å². The number of nitrogens with zero attached hydrogens (tertiary/aromatic N) is 4. The number of aryl methyl sites for hydroxylation is 1. The van der Waals surface area contributed by atoms with Crippen LogP contribution in [0.4, 0.5) is 0 Å². The fraction of sp³-hybridized carbons (Fsp3) is 0.375. The second-order valence-corrected chi connectivity index (χ2v) is 5.70. The van der Waals surface area contributed by atoms with Crippen molar-refractivity contribution >= 4 is 5.91 Å². The maximum Gasteiger partial charge on any atom is 0.271 e. The number of hydrogen-bond acceptors (Lipinski definition) is 6. The second kappa shape index (κ2) is 6.80. The molecule has 0 aliphatic carbocycles. The first-order valence-electron chi connectivity index (χ1n) is 7.51. The topological polar surface area (TPSA) is 91.2 Å². The molecule has 120 valence electrons. The van der Waals surface area contributed by atoms with Crippen molar-refractivity contribution in [1.82, 2.24) is 25.2 Å². The van der Waals surface area contributed by atoms with Gasteiger partial charge >= 0.3 is 0 Å². The zero-order valence-electron chi connectivity index (χ0n) is 12.9. The first-order valence-corrected chi connectivity index (χ1v) is 7.51. The molecule has 23 heavy (non-hydrogen) atoms. The van der Waals surface area contributed by atoms with Gasteiger partial charge in [0.2, 0.25) is 0 Å². The summed E-state index contributed by atoms with van der Waals surface area (Å²) >= 11 is 0. The van der Waals surface area contributed by atoms with Crippen LogP contribution >= 0.6 is 0 Å². The molecule has 2 aromatic rings. The molecule has 0 bridgehead atoms. The van der Waals surface area contributed by atoms with Gasteiger partial charge in [-0.25, -0.2) is 4.98 Å². The van der Waals surface area contributed by atoms with Crippen LogP contribution in [0.3, 0.4) is 0 Å². The van der Waals surface area contributed by atoms with E-state index >= 15 is 0 Å². The quantitative estimate of drug-likeness (QED) is 0.835. The minimum Gasteiger partial charge on any atom is -0.390 e. The van der Waals surface area contributed by atoms with Crippen molar-refractivity contribution in [2.75, 3.05) is 13.1 Å². The van der Waals surface area contributed by atoms with E-state index in [2.05, 4.69) is 25.2 Å². The molecule has 0 aromatic carbocycles. The van der Waals surface area contributed by atoms with E-state index in [-0.39, 0.29) is 17.6 Å². The Kier molecular flexibility index (Phi) is 4.59. The molecular weight excluding hydrogens is 294 g/mol. The molecule has 1 saturated heterocycles. The van der Waals surface area contributed by atoms with Crippen molar-refractivity contribution < 1.29 is 9.90 Å². The van der Waals surface area contributed by atoms with E-state index in [0.29, 0.717) is 19.6 Å². The van der Waals surface area contributed by atoms with Gasteiger partial charge in [0.25, 0.3) is 5.91 Å². The number of carbonyl (C=O) groups is 1. The fourth-order valence-corrected chi connectivity index (χ4v) is 2.71. The lowest BCUT2D eigenvalue weighted by atomic mass is 10.2. The standard InChI is InChI=1S/C16H19N5O2/c1-11-3-2-4-12(19-11)8-21-9-14(15(22)10-21)20-16(23)13-7-17-5-6-18-13/h2-7,14-15,22H,8-10H2,1H3,(H,20,23)/t14-,15-/m1/s1. The lowest BCUT2D eigenvalue weighted by Crippen LogP contribution is -2.43. The largest absolute Gasteiger partial charge is 0.390 e. The molecule has 1 aliphatic heterocycles. The fourth-order valence-electron chi connectivity index (χ4n) is 2.71. The third-order valence-electron chi connectivity index (χ3n) is 3.81. The van der Waals surface area contributed by atoms with E-state index in [1.807, 2.05) is 25.1 Å². The van der Waals surface area contributed by atoms with Crippen LogP contribution in [-0.4, -0.2) is 56.1 Å². The minimum absolute atomic E-state index is 0.249. The predicted molar refractivity (Wildman–Crippen MR) is 83.5 cm³/mol. The van der Waals surface area contributed by atoms with Crippen molar-refractivity contribution in [3.05, 3.63) is 53.9 Å². The van der Waals surface area contributed by atoms with Crippen LogP contribution in [0.25, 0.3) is 0 Å². The third-order valence-corrected chi connectivity index (χ3v) is 3.81. The molecule has 0 saturated carbocycles. The van der Waals surface area contributed by atoms with Crippen molar-refractivity contribution in [2.24, 2.45) is 0 Å². The molecule has 1 amide bonds. The normalized spacial score (nSPS) is 21.3. The van der Waals surface area contributed by atoms with Gasteiger partial charge in [-0.2, -0.15) is 0 Å². The molecular formula is C16H19N5O2. The predicted octanol–water partition coefficient (Wildman–Crippen LogP) is 0.155. The van der Waals surface area contributed by atoms with Crippen molar-refractivity contribution in [1.29, 1.82) is 0 Å². The van der Waals surface area contributed by atoms with Gasteiger partial charge in [0.15, 0.2) is 0 Å². The monoisotopic (exact) mass is 313 g/mol. The lowest BCUT2D eigenvalue weighted by molar-refractivity contribution is 0.0883. The number of aliphatic hydroxyl groups excluding tert-OH is 1. The van der Waals surface area contributed by atoms with E-state index in [4.69, 9.17) is 0 Å². The highest BCUT2D eigenvalue weighted by molar-refractivity contribution is 5.92. The first-order chi connectivity index (χ1) is 11.1. The summed E-state index contributed by atoms with van der Waals surface area (Å²) in [7, 11) is 0. The third kappa shape index (κ3) is 3.88. The number of nitrogens with one attached hydrogen (secondary N) is 1. The molecule has 7 nitrogen and oxygen atoms in total. The molecule has 2 atom stereocenters. The van der Waals surface area contributed by atoms with Crippen LogP contribution in [0.2, 0.25) is 0 Å². The molecule has 2 N–H and O–H groups in total. The summed E-state index contributed by atoms with van der Waals surface area (Å²) in [6.07, 6.45) is 3.78. The lowest BCUT2D eigenvalue weighted by Gasteiger charge is -2.16. The maximum absolute atomic E-state index is 12.1. The number of pyridine rings is 1. The molecule has 3 rings (SSSR count). The number of likely N-dealkylation sites (tertiary alicyclic amines) is 1. The molecule has 0 unspecified atom stereocenters. The minimum atomic E-state index is -0.611. The van der Waals surface area contributed by atoms with Gasteiger partial charge in [0.05, 0.1) is 24.0 Å².